The van der Waals surface area contributed by atoms with E-state index < -0.39 is 5.97 Å². The topological polar surface area (TPSA) is 89.8 Å². The Balaban J connectivity index is 0. The van der Waals surface area contributed by atoms with Gasteiger partial charge in [0, 0.05) is 19.5 Å². The lowest BCUT2D eigenvalue weighted by atomic mass is 10.0. The van der Waals surface area contributed by atoms with Crippen molar-refractivity contribution in [1.82, 2.24) is 5.32 Å². The molecule has 0 amide bonds. The van der Waals surface area contributed by atoms with Crippen molar-refractivity contribution in [2.75, 3.05) is 13.1 Å². The SMILES string of the molecule is CC(C)CCCCCCCCCCCCCCC(=O)O.CC(O)CNCC(C)O. The normalized spacial score (nSPS) is 13.1. The van der Waals surface area contributed by atoms with Gasteiger partial charge in [0.1, 0.15) is 0 Å². The van der Waals surface area contributed by atoms with E-state index in [0.717, 1.165) is 18.8 Å². The highest BCUT2D eigenvalue weighted by molar-refractivity contribution is 5.66. The zero-order valence-corrected chi connectivity index (χ0v) is 19.8. The average Bonchev–Trinajstić information content (AvgIpc) is 2.61. The number of rotatable bonds is 19. The summed E-state index contributed by atoms with van der Waals surface area (Å²) in [5.74, 6) is 0.212. The summed E-state index contributed by atoms with van der Waals surface area (Å²) in [5.41, 5.74) is 0. The van der Waals surface area contributed by atoms with Gasteiger partial charge in [0.05, 0.1) is 12.2 Å². The zero-order chi connectivity index (χ0) is 22.3. The predicted octanol–water partition coefficient (Wildman–Crippen LogP) is 5.53. The molecule has 0 aromatic rings. The van der Waals surface area contributed by atoms with Crippen molar-refractivity contribution in [3.05, 3.63) is 0 Å². The van der Waals surface area contributed by atoms with Gasteiger partial charge in [-0.2, -0.15) is 0 Å². The number of carbonyl (C=O) groups is 1. The minimum atomic E-state index is -0.654. The van der Waals surface area contributed by atoms with Gasteiger partial charge in [-0.3, -0.25) is 4.79 Å². The second-order valence-corrected chi connectivity index (χ2v) is 8.93. The maximum atomic E-state index is 10.3. The first-order chi connectivity index (χ1) is 13.8. The van der Waals surface area contributed by atoms with Crippen LogP contribution in [0.2, 0.25) is 0 Å². The largest absolute Gasteiger partial charge is 0.481 e. The van der Waals surface area contributed by atoms with Crippen molar-refractivity contribution in [3.63, 3.8) is 0 Å². The smallest absolute Gasteiger partial charge is 0.303 e. The van der Waals surface area contributed by atoms with Gasteiger partial charge in [-0.25, -0.2) is 0 Å². The van der Waals surface area contributed by atoms with Crippen LogP contribution in [0.5, 0.6) is 0 Å². The molecule has 0 radical (unpaired) electrons. The van der Waals surface area contributed by atoms with Gasteiger partial charge < -0.3 is 20.6 Å². The van der Waals surface area contributed by atoms with Crippen LogP contribution in [-0.4, -0.2) is 46.6 Å². The molecule has 2 unspecified atom stereocenters. The molecule has 0 aliphatic carbocycles. The van der Waals surface area contributed by atoms with E-state index in [0.29, 0.717) is 19.5 Å². The molecule has 2 atom stereocenters. The molecule has 0 aromatic carbocycles. The Labute approximate surface area is 180 Å². The quantitative estimate of drug-likeness (QED) is 0.208. The number of carboxylic acid groups (broad SMARTS) is 1. The minimum absolute atomic E-state index is 0.330. The highest BCUT2D eigenvalue weighted by Crippen LogP contribution is 2.14. The van der Waals surface area contributed by atoms with Crippen LogP contribution >= 0.6 is 0 Å². The number of unbranched alkanes of at least 4 members (excludes halogenated alkanes) is 11. The third-order valence-corrected chi connectivity index (χ3v) is 4.80. The first kappa shape index (κ1) is 30.5. The molecule has 0 bridgehead atoms. The van der Waals surface area contributed by atoms with E-state index in [4.69, 9.17) is 15.3 Å². The van der Waals surface area contributed by atoms with Crippen molar-refractivity contribution >= 4 is 5.97 Å². The summed E-state index contributed by atoms with van der Waals surface area (Å²) in [6.45, 7) is 9.11. The Hall–Kier alpha value is -0.650. The number of aliphatic hydroxyl groups excluding tert-OH is 2. The van der Waals surface area contributed by atoms with Crippen LogP contribution in [0.3, 0.4) is 0 Å². The highest BCUT2D eigenvalue weighted by atomic mass is 16.4. The molecular weight excluding hydrogens is 366 g/mol. The number of carboxylic acids is 1. The van der Waals surface area contributed by atoms with Crippen LogP contribution in [0, 0.1) is 5.92 Å². The molecule has 0 rings (SSSR count). The fraction of sp³-hybridized carbons (Fsp3) is 0.958. The number of aliphatic carboxylic acids is 1. The molecule has 5 nitrogen and oxygen atoms in total. The molecule has 0 saturated carbocycles. The van der Waals surface area contributed by atoms with Gasteiger partial charge >= 0.3 is 5.97 Å². The minimum Gasteiger partial charge on any atom is -0.481 e. The van der Waals surface area contributed by atoms with Crippen LogP contribution in [-0.2, 0) is 4.79 Å². The Morgan fingerprint density at radius 1 is 0.655 bits per heavy atom. The van der Waals surface area contributed by atoms with Crippen LogP contribution in [0.15, 0.2) is 0 Å². The van der Waals surface area contributed by atoms with Gasteiger partial charge in [-0.15, -0.1) is 0 Å². The third-order valence-electron chi connectivity index (χ3n) is 4.80. The van der Waals surface area contributed by atoms with E-state index in [1.165, 1.54) is 70.6 Å². The molecule has 0 heterocycles. The molecule has 0 fully saturated rings. The molecule has 0 spiro atoms. The van der Waals surface area contributed by atoms with Crippen molar-refractivity contribution in [2.45, 2.75) is 130 Å². The summed E-state index contributed by atoms with van der Waals surface area (Å²) in [5, 5.41) is 28.8. The Bertz CT molecular complexity index is 325. The van der Waals surface area contributed by atoms with Crippen molar-refractivity contribution < 1.29 is 20.1 Å². The van der Waals surface area contributed by atoms with Gasteiger partial charge in [-0.05, 0) is 26.2 Å². The van der Waals surface area contributed by atoms with E-state index in [9.17, 15) is 4.79 Å². The third kappa shape index (κ3) is 35.2. The zero-order valence-electron chi connectivity index (χ0n) is 19.8. The van der Waals surface area contributed by atoms with Crippen LogP contribution in [0.4, 0.5) is 0 Å². The summed E-state index contributed by atoms with van der Waals surface area (Å²) in [4.78, 5) is 10.3. The summed E-state index contributed by atoms with van der Waals surface area (Å²) in [6, 6.07) is 0. The van der Waals surface area contributed by atoms with Crippen LogP contribution in [0.1, 0.15) is 118 Å². The Kier molecular flexibility index (Phi) is 24.9. The van der Waals surface area contributed by atoms with E-state index >= 15 is 0 Å². The molecule has 4 N–H and O–H groups in total. The molecule has 0 aliphatic heterocycles. The Morgan fingerprint density at radius 2 is 1.00 bits per heavy atom. The molecule has 0 saturated heterocycles. The molecule has 0 aromatic heterocycles. The molecule has 176 valence electrons. The lowest BCUT2D eigenvalue weighted by Gasteiger charge is -2.07. The van der Waals surface area contributed by atoms with E-state index in [1.54, 1.807) is 13.8 Å². The first-order valence-corrected chi connectivity index (χ1v) is 12.0. The Morgan fingerprint density at radius 3 is 1.31 bits per heavy atom. The van der Waals surface area contributed by atoms with Crippen molar-refractivity contribution in [3.8, 4) is 0 Å². The fourth-order valence-corrected chi connectivity index (χ4v) is 3.10. The summed E-state index contributed by atoms with van der Waals surface area (Å²) < 4.78 is 0. The summed E-state index contributed by atoms with van der Waals surface area (Å²) in [7, 11) is 0. The van der Waals surface area contributed by atoms with Crippen molar-refractivity contribution in [1.29, 1.82) is 0 Å². The van der Waals surface area contributed by atoms with Gasteiger partial charge in [-0.1, -0.05) is 90.9 Å². The summed E-state index contributed by atoms with van der Waals surface area (Å²) >= 11 is 0. The van der Waals surface area contributed by atoms with Gasteiger partial charge in [0.25, 0.3) is 0 Å². The van der Waals surface area contributed by atoms with E-state index in [-0.39, 0.29) is 12.2 Å². The number of hydrogen-bond acceptors (Lipinski definition) is 4. The number of hydrogen-bond donors (Lipinski definition) is 4. The summed E-state index contributed by atoms with van der Waals surface area (Å²) in [6.07, 6.45) is 16.7. The fourth-order valence-electron chi connectivity index (χ4n) is 3.10. The molecule has 5 heteroatoms. The first-order valence-electron chi connectivity index (χ1n) is 12.0. The van der Waals surface area contributed by atoms with Crippen LogP contribution < -0.4 is 5.32 Å². The number of nitrogens with one attached hydrogen (secondary N) is 1. The van der Waals surface area contributed by atoms with Crippen LogP contribution in [0.25, 0.3) is 0 Å². The molecule has 29 heavy (non-hydrogen) atoms. The maximum absolute atomic E-state index is 10.3. The maximum Gasteiger partial charge on any atom is 0.303 e. The lowest BCUT2D eigenvalue weighted by molar-refractivity contribution is -0.137. The molecule has 0 aliphatic rings. The monoisotopic (exact) mass is 417 g/mol. The van der Waals surface area contributed by atoms with E-state index in [2.05, 4.69) is 19.2 Å². The predicted molar refractivity (Wildman–Crippen MR) is 123 cm³/mol. The second kappa shape index (κ2) is 23.6. The second-order valence-electron chi connectivity index (χ2n) is 8.93. The van der Waals surface area contributed by atoms with Gasteiger partial charge in [0.2, 0.25) is 0 Å². The standard InChI is InChI=1S/C18H36O2.C6H15NO2/c1-17(2)15-13-11-9-7-5-3-4-6-8-10-12-14-16-18(19)20;1-5(8)3-7-4-6(2)9/h17H,3-16H2,1-2H3,(H,19,20);5-9H,3-4H2,1-2H3. The highest BCUT2D eigenvalue weighted by Gasteiger charge is 1.98. The van der Waals surface area contributed by atoms with E-state index in [1.807, 2.05) is 0 Å². The average molecular weight is 418 g/mol. The lowest BCUT2D eigenvalue weighted by Crippen LogP contribution is -2.30. The van der Waals surface area contributed by atoms with Gasteiger partial charge in [0.15, 0.2) is 0 Å². The number of aliphatic hydroxyl groups is 2. The van der Waals surface area contributed by atoms with Crippen molar-refractivity contribution in [2.24, 2.45) is 5.92 Å². The molecular formula is C24H51NO4.